The average Bonchev–Trinajstić information content (AvgIpc) is 2.84. The second kappa shape index (κ2) is 11.0. The third kappa shape index (κ3) is 5.39. The van der Waals surface area contributed by atoms with Crippen LogP contribution in [0.5, 0.6) is 11.5 Å². The number of carbonyl (C=O) groups excluding carboxylic acids is 2. The number of nitrogens with one attached hydrogen (secondary N) is 1. The number of thiocarbonyl (C=S) groups is 1. The molecule has 36 heavy (non-hydrogen) atoms. The van der Waals surface area contributed by atoms with Crippen molar-refractivity contribution in [1.29, 1.82) is 0 Å². The van der Waals surface area contributed by atoms with Crippen LogP contribution in [-0.4, -0.2) is 24.0 Å². The molecule has 6 nitrogen and oxygen atoms in total. The molecule has 1 saturated heterocycles. The second-order valence-electron chi connectivity index (χ2n) is 7.47. The molecular weight excluding hydrogens is 594 g/mol. The fraction of sp³-hybridized carbons (Fsp3) is 0.0800. The highest BCUT2D eigenvalue weighted by atomic mass is 79.9. The van der Waals surface area contributed by atoms with Crippen molar-refractivity contribution in [1.82, 2.24) is 5.32 Å². The maximum absolute atomic E-state index is 14.4. The van der Waals surface area contributed by atoms with Crippen molar-refractivity contribution in [2.24, 2.45) is 0 Å². The van der Waals surface area contributed by atoms with Gasteiger partial charge in [0.2, 0.25) is 0 Å². The first-order valence-electron chi connectivity index (χ1n) is 10.3. The first kappa shape index (κ1) is 26.1. The third-order valence-electron chi connectivity index (χ3n) is 5.16. The van der Waals surface area contributed by atoms with Crippen LogP contribution in [0, 0.1) is 5.82 Å². The topological polar surface area (TPSA) is 67.9 Å². The van der Waals surface area contributed by atoms with Crippen LogP contribution >= 0.6 is 51.3 Å². The lowest BCUT2D eigenvalue weighted by Crippen LogP contribution is -2.54. The number of ether oxygens (including phenoxy) is 2. The molecule has 0 aromatic heterocycles. The van der Waals surface area contributed by atoms with E-state index in [0.29, 0.717) is 31.6 Å². The van der Waals surface area contributed by atoms with E-state index in [1.807, 2.05) is 0 Å². The van der Waals surface area contributed by atoms with E-state index in [1.54, 1.807) is 36.4 Å². The summed E-state index contributed by atoms with van der Waals surface area (Å²) in [6, 6.07) is 14.0. The molecule has 0 aliphatic carbocycles. The van der Waals surface area contributed by atoms with Crippen molar-refractivity contribution in [2.75, 3.05) is 12.0 Å². The van der Waals surface area contributed by atoms with Crippen molar-refractivity contribution in [3.63, 3.8) is 0 Å². The Kier molecular flexibility index (Phi) is 7.94. The smallest absolute Gasteiger partial charge is 0.270 e. The Balaban J connectivity index is 1.65. The van der Waals surface area contributed by atoms with Crippen LogP contribution in [-0.2, 0) is 16.2 Å². The molecule has 1 aliphatic rings. The predicted octanol–water partition coefficient (Wildman–Crippen LogP) is 6.31. The fourth-order valence-corrected chi connectivity index (χ4v) is 4.42. The van der Waals surface area contributed by atoms with Crippen LogP contribution in [0.25, 0.3) is 6.08 Å². The zero-order valence-electron chi connectivity index (χ0n) is 18.5. The van der Waals surface area contributed by atoms with Crippen molar-refractivity contribution in [3.05, 3.63) is 91.6 Å². The number of benzene rings is 3. The van der Waals surface area contributed by atoms with Gasteiger partial charge in [-0.2, -0.15) is 0 Å². The zero-order valence-corrected chi connectivity index (χ0v) is 22.4. The SMILES string of the molecule is COc1cc(/C=C2\C(=O)NC(=S)N(c3ccccc3F)C2=O)c(Br)cc1OCc1ccc(Cl)c(Cl)c1. The minimum absolute atomic E-state index is 0.0684. The summed E-state index contributed by atoms with van der Waals surface area (Å²) in [5.41, 5.74) is 0.941. The van der Waals surface area contributed by atoms with Gasteiger partial charge in [0.25, 0.3) is 11.8 Å². The van der Waals surface area contributed by atoms with E-state index >= 15 is 0 Å². The summed E-state index contributed by atoms with van der Waals surface area (Å²) in [4.78, 5) is 26.8. The summed E-state index contributed by atoms with van der Waals surface area (Å²) in [6.45, 7) is 0.191. The largest absolute Gasteiger partial charge is 0.493 e. The maximum atomic E-state index is 14.4. The van der Waals surface area contributed by atoms with Gasteiger partial charge < -0.3 is 9.47 Å². The summed E-state index contributed by atoms with van der Waals surface area (Å²) >= 11 is 20.6. The number of hydrogen-bond donors (Lipinski definition) is 1. The van der Waals surface area contributed by atoms with Crippen LogP contribution in [0.15, 0.2) is 64.6 Å². The number of amides is 2. The van der Waals surface area contributed by atoms with Crippen LogP contribution in [0.4, 0.5) is 10.1 Å². The number of anilines is 1. The van der Waals surface area contributed by atoms with Crippen LogP contribution < -0.4 is 19.7 Å². The summed E-state index contributed by atoms with van der Waals surface area (Å²) in [5.74, 6) is -1.36. The third-order valence-corrected chi connectivity index (χ3v) is 6.87. The van der Waals surface area contributed by atoms with Gasteiger partial charge in [0.1, 0.15) is 18.0 Å². The highest BCUT2D eigenvalue weighted by molar-refractivity contribution is 9.10. The number of carbonyl (C=O) groups is 2. The minimum atomic E-state index is -0.764. The molecule has 1 N–H and O–H groups in total. The van der Waals surface area contributed by atoms with Gasteiger partial charge in [0.05, 0.1) is 22.8 Å². The van der Waals surface area contributed by atoms with E-state index in [2.05, 4.69) is 21.2 Å². The molecule has 3 aromatic carbocycles. The van der Waals surface area contributed by atoms with E-state index in [9.17, 15) is 14.0 Å². The first-order chi connectivity index (χ1) is 17.2. The molecule has 0 saturated carbocycles. The normalized spacial score (nSPS) is 14.8. The summed E-state index contributed by atoms with van der Waals surface area (Å²) in [5, 5.41) is 3.07. The second-order valence-corrected chi connectivity index (χ2v) is 9.53. The van der Waals surface area contributed by atoms with Crippen LogP contribution in [0.3, 0.4) is 0 Å². The molecule has 1 fully saturated rings. The van der Waals surface area contributed by atoms with Gasteiger partial charge in [-0.3, -0.25) is 14.9 Å². The number of hydrogen-bond acceptors (Lipinski definition) is 5. The highest BCUT2D eigenvalue weighted by Crippen LogP contribution is 2.36. The fourth-order valence-electron chi connectivity index (χ4n) is 3.39. The van der Waals surface area contributed by atoms with Crippen molar-refractivity contribution >= 4 is 80.0 Å². The number of nitrogens with zero attached hydrogens (tertiary/aromatic N) is 1. The van der Waals surface area contributed by atoms with E-state index in [-0.39, 0.29) is 23.0 Å². The Morgan fingerprint density at radius 1 is 1.08 bits per heavy atom. The molecule has 0 spiro atoms. The van der Waals surface area contributed by atoms with Gasteiger partial charge in [-0.05, 0) is 65.8 Å². The standard InChI is InChI=1S/C25H16BrCl2FN2O4S/c1-34-21-10-14(16(26)11-22(21)35-12-13-6-7-17(27)18(28)8-13)9-15-23(32)30-25(36)31(24(15)33)20-5-3-2-4-19(20)29/h2-11H,12H2,1H3,(H,30,32,36)/b15-9+. The molecule has 184 valence electrons. The Hall–Kier alpha value is -2.98. The zero-order chi connectivity index (χ0) is 26.0. The summed E-state index contributed by atoms with van der Waals surface area (Å²) in [6.07, 6.45) is 1.36. The molecule has 0 bridgehead atoms. The van der Waals surface area contributed by atoms with Gasteiger partial charge in [-0.15, -0.1) is 0 Å². The number of para-hydroxylation sites is 1. The number of halogens is 4. The summed E-state index contributed by atoms with van der Waals surface area (Å²) < 4.78 is 26.2. The molecule has 11 heteroatoms. The Morgan fingerprint density at radius 2 is 1.83 bits per heavy atom. The molecule has 3 aromatic rings. The maximum Gasteiger partial charge on any atom is 0.270 e. The number of rotatable bonds is 6. The van der Waals surface area contributed by atoms with Gasteiger partial charge in [-0.25, -0.2) is 9.29 Å². The molecular formula is C25H16BrCl2FN2O4S. The highest BCUT2D eigenvalue weighted by Gasteiger charge is 2.35. The van der Waals surface area contributed by atoms with E-state index < -0.39 is 17.6 Å². The quantitative estimate of drug-likeness (QED) is 0.201. The van der Waals surface area contributed by atoms with Crippen molar-refractivity contribution < 1.29 is 23.5 Å². The van der Waals surface area contributed by atoms with Gasteiger partial charge >= 0.3 is 0 Å². The molecule has 1 heterocycles. The monoisotopic (exact) mass is 608 g/mol. The lowest BCUT2D eigenvalue weighted by molar-refractivity contribution is -0.122. The lowest BCUT2D eigenvalue weighted by atomic mass is 10.1. The lowest BCUT2D eigenvalue weighted by Gasteiger charge is -2.29. The Morgan fingerprint density at radius 3 is 2.53 bits per heavy atom. The van der Waals surface area contributed by atoms with Crippen LogP contribution in [0.2, 0.25) is 10.0 Å². The Labute approximate surface area is 229 Å². The van der Waals surface area contributed by atoms with Gasteiger partial charge in [0.15, 0.2) is 16.6 Å². The molecule has 0 atom stereocenters. The summed E-state index contributed by atoms with van der Waals surface area (Å²) in [7, 11) is 1.46. The van der Waals surface area contributed by atoms with E-state index in [4.69, 9.17) is 44.9 Å². The van der Waals surface area contributed by atoms with Crippen LogP contribution in [0.1, 0.15) is 11.1 Å². The van der Waals surface area contributed by atoms with Gasteiger partial charge in [-0.1, -0.05) is 57.3 Å². The molecule has 1 aliphatic heterocycles. The van der Waals surface area contributed by atoms with E-state index in [0.717, 1.165) is 10.5 Å². The molecule has 0 unspecified atom stereocenters. The molecule has 4 rings (SSSR count). The minimum Gasteiger partial charge on any atom is -0.493 e. The van der Waals surface area contributed by atoms with Gasteiger partial charge in [0, 0.05) is 4.47 Å². The van der Waals surface area contributed by atoms with Crippen molar-refractivity contribution in [2.45, 2.75) is 6.61 Å². The first-order valence-corrected chi connectivity index (χ1v) is 12.3. The number of methoxy groups -OCH3 is 1. The molecule has 2 amide bonds. The van der Waals surface area contributed by atoms with E-state index in [1.165, 1.54) is 31.4 Å². The molecule has 0 radical (unpaired) electrons. The predicted molar refractivity (Wildman–Crippen MR) is 144 cm³/mol. The van der Waals surface area contributed by atoms with Crippen molar-refractivity contribution in [3.8, 4) is 11.5 Å². The Bertz CT molecular complexity index is 1430. The average molecular weight is 610 g/mol.